The molecule has 2 aliphatic rings. The van der Waals surface area contributed by atoms with E-state index in [2.05, 4.69) is 42.1 Å². The largest absolute Gasteiger partial charge is 0.492 e. The molecule has 0 spiro atoms. The molecule has 0 radical (unpaired) electrons. The Bertz CT molecular complexity index is 2170. The summed E-state index contributed by atoms with van der Waals surface area (Å²) in [6.45, 7) is 14.7. The van der Waals surface area contributed by atoms with Gasteiger partial charge in [0, 0.05) is 106 Å². The topological polar surface area (TPSA) is 130 Å². The molecular formula is C48H69Cl5N10O4. The highest BCUT2D eigenvalue weighted by atomic mass is 35.5. The second kappa shape index (κ2) is 31.6. The molecule has 0 atom stereocenters. The Labute approximate surface area is 425 Å². The van der Waals surface area contributed by atoms with Crippen LogP contribution in [0.15, 0.2) is 114 Å². The number of halogens is 5. The zero-order chi connectivity index (χ0) is 44.2. The summed E-state index contributed by atoms with van der Waals surface area (Å²) in [7, 11) is 0. The first-order valence-electron chi connectivity index (χ1n) is 22.0. The Morgan fingerprint density at radius 2 is 1.16 bits per heavy atom. The summed E-state index contributed by atoms with van der Waals surface area (Å²) < 4.78 is 14.7. The Balaban J connectivity index is 0.000000436. The molecule has 7 rings (SSSR count). The maximum atomic E-state index is 12.9. The normalized spacial score (nSPS) is 13.6. The van der Waals surface area contributed by atoms with E-state index in [1.165, 1.54) is 16.4 Å². The fourth-order valence-corrected chi connectivity index (χ4v) is 8.02. The molecule has 3 heterocycles. The summed E-state index contributed by atoms with van der Waals surface area (Å²) >= 11 is 12.2. The summed E-state index contributed by atoms with van der Waals surface area (Å²) in [6, 6.07) is 34.9. The zero-order valence-corrected chi connectivity index (χ0v) is 41.6. The molecule has 67 heavy (non-hydrogen) atoms. The van der Waals surface area contributed by atoms with Crippen molar-refractivity contribution in [3.05, 3.63) is 136 Å². The van der Waals surface area contributed by atoms with E-state index in [4.69, 9.17) is 38.5 Å². The minimum Gasteiger partial charge on any atom is -0.492 e. The van der Waals surface area contributed by atoms with Crippen LogP contribution in [-0.2, 0) is 19.5 Å². The van der Waals surface area contributed by atoms with Gasteiger partial charge in [0.2, 0.25) is 0 Å². The monoisotopic (exact) mass is 1020 g/mol. The van der Waals surface area contributed by atoms with Gasteiger partial charge in [-0.2, -0.15) is 5.10 Å². The lowest BCUT2D eigenvalue weighted by Gasteiger charge is -2.36. The molecule has 4 aromatic carbocycles. The number of hydrogen-bond acceptors (Lipinski definition) is 10. The van der Waals surface area contributed by atoms with Crippen LogP contribution in [0.1, 0.15) is 33.0 Å². The molecule has 0 saturated carbocycles. The molecule has 0 bridgehead atoms. The van der Waals surface area contributed by atoms with Crippen LogP contribution in [0.4, 0.5) is 16.2 Å². The van der Waals surface area contributed by atoms with Gasteiger partial charge in [0.25, 0.3) is 0 Å². The lowest BCUT2D eigenvalue weighted by Crippen LogP contribution is -2.49. The van der Waals surface area contributed by atoms with E-state index in [9.17, 15) is 9.59 Å². The van der Waals surface area contributed by atoms with E-state index in [1.54, 1.807) is 9.25 Å². The van der Waals surface area contributed by atoms with Crippen LogP contribution >= 0.6 is 60.4 Å². The van der Waals surface area contributed by atoms with Crippen molar-refractivity contribution in [1.29, 1.82) is 0 Å². The lowest BCUT2D eigenvalue weighted by molar-refractivity contribution is 0.188. The molecule has 2 aliphatic heterocycles. The average molecular weight is 1030 g/mol. The van der Waals surface area contributed by atoms with Gasteiger partial charge in [-0.1, -0.05) is 86.1 Å². The summed E-state index contributed by atoms with van der Waals surface area (Å²) in [5.41, 5.74) is 2.31. The van der Waals surface area contributed by atoms with Crippen molar-refractivity contribution >= 4 is 77.8 Å². The fourth-order valence-electron chi connectivity index (χ4n) is 7.65. The number of nitrogens with one attached hydrogen (secondary N) is 1. The van der Waals surface area contributed by atoms with Gasteiger partial charge >= 0.3 is 11.7 Å². The second-order valence-corrected chi connectivity index (χ2v) is 16.4. The van der Waals surface area contributed by atoms with Gasteiger partial charge in [0.1, 0.15) is 30.5 Å². The number of aromatic nitrogens is 3. The first-order valence-corrected chi connectivity index (χ1v) is 22.8. The van der Waals surface area contributed by atoms with Crippen LogP contribution in [0.3, 0.4) is 0 Å². The minimum atomic E-state index is -0.280. The van der Waals surface area contributed by atoms with Crippen molar-refractivity contribution in [2.24, 2.45) is 5.84 Å². The summed E-state index contributed by atoms with van der Waals surface area (Å²) in [5, 5.41) is 10.1. The quantitative estimate of drug-likeness (QED) is 0.0361. The number of nitrogens with zero attached hydrogens (tertiary/aromatic N) is 8. The Kier molecular flexibility index (Phi) is 27.7. The third kappa shape index (κ3) is 19.3. The van der Waals surface area contributed by atoms with Crippen molar-refractivity contribution in [1.82, 2.24) is 34.5 Å². The number of rotatable bonds is 19. The van der Waals surface area contributed by atoms with Crippen LogP contribution in [-0.4, -0.2) is 127 Å². The lowest BCUT2D eigenvalue weighted by atomic mass is 10.2. The molecule has 3 N–H and O–H groups in total. The van der Waals surface area contributed by atoms with Gasteiger partial charge in [-0.15, -0.1) is 37.2 Å². The Morgan fingerprint density at radius 1 is 0.672 bits per heavy atom. The number of amides is 2. The number of hydrazine groups is 1. The van der Waals surface area contributed by atoms with Crippen molar-refractivity contribution in [3.8, 4) is 11.5 Å². The number of benzene rings is 4. The molecule has 0 aliphatic carbocycles. The van der Waals surface area contributed by atoms with Crippen LogP contribution in [0.5, 0.6) is 11.5 Å². The number of carbonyl (C=O) groups is 1. The zero-order valence-electron chi connectivity index (χ0n) is 37.6. The third-order valence-electron chi connectivity index (χ3n) is 11.1. The average Bonchev–Trinajstić information content (AvgIpc) is 3.62. The van der Waals surface area contributed by atoms with E-state index < -0.39 is 0 Å². The van der Waals surface area contributed by atoms with Crippen LogP contribution in [0.25, 0.3) is 0 Å². The van der Waals surface area contributed by atoms with Gasteiger partial charge in [0.15, 0.2) is 0 Å². The van der Waals surface area contributed by atoms with Gasteiger partial charge < -0.3 is 24.6 Å². The van der Waals surface area contributed by atoms with E-state index >= 15 is 0 Å². The van der Waals surface area contributed by atoms with E-state index in [0.717, 1.165) is 112 Å². The van der Waals surface area contributed by atoms with Gasteiger partial charge in [-0.25, -0.2) is 20.1 Å². The highest BCUT2D eigenvalue weighted by molar-refractivity contribution is 6.31. The number of nitrogens with two attached hydrogens (primary N) is 1. The fraction of sp³-hybridized carbons (Fsp3) is 0.438. The first-order chi connectivity index (χ1) is 30.7. The van der Waals surface area contributed by atoms with E-state index in [0.29, 0.717) is 39.4 Å². The minimum absolute atomic E-state index is 0. The SMILES string of the molecule is C.CCc1nn(CCCN2CCN(c3cccc(Cl)c3)CC2)c(=O)n1CCOc1ccccc1.Cl.Cl.Cl.NN(CCCN1CCN(c2cccc(Cl)c2)CC1)C(=O)NCCOc1ccccc1. The molecule has 2 fully saturated rings. The molecule has 370 valence electrons. The molecule has 2 amide bonds. The third-order valence-corrected chi connectivity index (χ3v) is 11.6. The first kappa shape index (κ1) is 58.7. The Hall–Kier alpha value is -4.38. The standard InChI is InChI=1S/C25H32ClN5O2.C22H30ClN5O2.CH4.3ClH/c1-2-24-27-31(25(32)30(24)18-19-33-23-10-4-3-5-11-23)13-7-12-28-14-16-29(17-15-28)22-9-6-8-21(26)20-22;23-19-6-4-7-20(18-19)27-15-13-26(14-16-27)11-5-12-28(24)22(29)25-10-17-30-21-8-2-1-3-9-21;;;;/h3-6,8-11,20H,2,7,12-19H2,1H3;1-4,6-9,18H,5,10-17,24H2,(H,25,29);1H4;3*1H. The number of hydrogen-bond donors (Lipinski definition) is 2. The number of urea groups is 1. The summed E-state index contributed by atoms with van der Waals surface area (Å²) in [6.07, 6.45) is 2.46. The van der Waals surface area contributed by atoms with Crippen LogP contribution < -0.4 is 36.1 Å². The maximum absolute atomic E-state index is 12.9. The van der Waals surface area contributed by atoms with Crippen LogP contribution in [0, 0.1) is 0 Å². The van der Waals surface area contributed by atoms with Gasteiger partial charge in [0.05, 0.1) is 13.1 Å². The predicted molar refractivity (Wildman–Crippen MR) is 282 cm³/mol. The van der Waals surface area contributed by atoms with E-state index in [-0.39, 0.29) is 56.4 Å². The summed E-state index contributed by atoms with van der Waals surface area (Å²) in [5.74, 6) is 8.29. The van der Waals surface area contributed by atoms with Gasteiger partial charge in [-0.05, 0) is 73.5 Å². The van der Waals surface area contributed by atoms with Crippen molar-refractivity contribution in [2.45, 2.75) is 46.7 Å². The molecule has 14 nitrogen and oxygen atoms in total. The highest BCUT2D eigenvalue weighted by Gasteiger charge is 2.20. The number of anilines is 2. The van der Waals surface area contributed by atoms with Gasteiger partial charge in [-0.3, -0.25) is 19.4 Å². The smallest absolute Gasteiger partial charge is 0.346 e. The van der Waals surface area contributed by atoms with E-state index in [1.807, 2.05) is 104 Å². The number of para-hydroxylation sites is 2. The number of aryl methyl sites for hydroxylation is 2. The van der Waals surface area contributed by atoms with Crippen LogP contribution in [0.2, 0.25) is 10.0 Å². The summed E-state index contributed by atoms with van der Waals surface area (Å²) in [4.78, 5) is 34.5. The number of ether oxygens (including phenoxy) is 2. The molecule has 0 unspecified atom stereocenters. The number of carbonyl (C=O) groups excluding carboxylic acids is 1. The molecular weight excluding hydrogens is 958 g/mol. The molecule has 2 saturated heterocycles. The molecule has 19 heteroatoms. The molecule has 1 aromatic heterocycles. The second-order valence-electron chi connectivity index (χ2n) is 15.5. The number of piperazine rings is 2. The predicted octanol–water partition coefficient (Wildman–Crippen LogP) is 8.27. The molecule has 5 aromatic rings. The van der Waals surface area contributed by atoms with Crippen molar-refractivity contribution in [3.63, 3.8) is 0 Å². The Morgan fingerprint density at radius 3 is 1.66 bits per heavy atom. The highest BCUT2D eigenvalue weighted by Crippen LogP contribution is 2.22. The van der Waals surface area contributed by atoms with Crippen molar-refractivity contribution < 1.29 is 14.3 Å². The maximum Gasteiger partial charge on any atom is 0.346 e. The van der Waals surface area contributed by atoms with Crippen molar-refractivity contribution in [2.75, 3.05) is 102 Å².